The van der Waals surface area contributed by atoms with E-state index in [2.05, 4.69) is 62.3 Å². The number of nitrogens with one attached hydrogen (secondary N) is 1. The van der Waals surface area contributed by atoms with Gasteiger partial charge in [0, 0.05) is 33.6 Å². The lowest BCUT2D eigenvalue weighted by molar-refractivity contribution is 0.552. The average molecular weight is 288 g/mol. The molecule has 0 aliphatic heterocycles. The quantitative estimate of drug-likeness (QED) is 0.861. The third-order valence-corrected chi connectivity index (χ3v) is 4.68. The SMILES string of the molecule is CCNC(Cc1ccc(CC)s1)c1cc(C)nc(C)c1. The first-order chi connectivity index (χ1) is 9.62. The predicted molar refractivity (Wildman–Crippen MR) is 87.5 cm³/mol. The van der Waals surface area contributed by atoms with Gasteiger partial charge in [0.15, 0.2) is 0 Å². The van der Waals surface area contributed by atoms with Crippen molar-refractivity contribution < 1.29 is 0 Å². The smallest absolute Gasteiger partial charge is 0.0379 e. The Kier molecular flexibility index (Phi) is 5.32. The van der Waals surface area contributed by atoms with Crippen molar-refractivity contribution in [1.29, 1.82) is 0 Å². The number of rotatable bonds is 6. The van der Waals surface area contributed by atoms with Crippen LogP contribution in [0.3, 0.4) is 0 Å². The Morgan fingerprint density at radius 2 is 1.75 bits per heavy atom. The van der Waals surface area contributed by atoms with E-state index in [0.717, 1.165) is 30.8 Å². The lowest BCUT2D eigenvalue weighted by Crippen LogP contribution is -2.23. The van der Waals surface area contributed by atoms with Gasteiger partial charge in [0.2, 0.25) is 0 Å². The summed E-state index contributed by atoms with van der Waals surface area (Å²) in [6.07, 6.45) is 2.19. The topological polar surface area (TPSA) is 24.9 Å². The number of pyridine rings is 1. The molecule has 0 bridgehead atoms. The number of thiophene rings is 1. The van der Waals surface area contributed by atoms with Gasteiger partial charge in [0.1, 0.15) is 0 Å². The van der Waals surface area contributed by atoms with E-state index in [4.69, 9.17) is 0 Å². The van der Waals surface area contributed by atoms with Crippen LogP contribution in [0.25, 0.3) is 0 Å². The van der Waals surface area contributed by atoms with E-state index < -0.39 is 0 Å². The summed E-state index contributed by atoms with van der Waals surface area (Å²) in [5.74, 6) is 0. The minimum absolute atomic E-state index is 0.378. The van der Waals surface area contributed by atoms with Gasteiger partial charge in [0.05, 0.1) is 0 Å². The van der Waals surface area contributed by atoms with Crippen molar-refractivity contribution in [2.45, 2.75) is 46.6 Å². The van der Waals surface area contributed by atoms with E-state index in [1.807, 2.05) is 11.3 Å². The molecule has 0 amide bonds. The Labute approximate surface area is 126 Å². The van der Waals surface area contributed by atoms with E-state index in [1.165, 1.54) is 15.3 Å². The summed E-state index contributed by atoms with van der Waals surface area (Å²) in [7, 11) is 0. The molecule has 2 heterocycles. The van der Waals surface area contributed by atoms with Gasteiger partial charge in [-0.25, -0.2) is 0 Å². The van der Waals surface area contributed by atoms with Gasteiger partial charge in [0.25, 0.3) is 0 Å². The van der Waals surface area contributed by atoms with Gasteiger partial charge in [-0.3, -0.25) is 4.98 Å². The standard InChI is InChI=1S/C17H24N2S/c1-5-15-7-8-16(20-15)11-17(18-6-2)14-9-12(3)19-13(4)10-14/h7-10,17-18H,5-6,11H2,1-4H3. The van der Waals surface area contributed by atoms with E-state index in [1.54, 1.807) is 0 Å². The highest BCUT2D eigenvalue weighted by Gasteiger charge is 2.13. The van der Waals surface area contributed by atoms with Crippen LogP contribution in [0.15, 0.2) is 24.3 Å². The number of hydrogen-bond donors (Lipinski definition) is 1. The fourth-order valence-electron chi connectivity index (χ4n) is 2.55. The molecular weight excluding hydrogens is 264 g/mol. The number of likely N-dealkylation sites (N-methyl/N-ethyl adjacent to an activating group) is 1. The Bertz CT molecular complexity index is 540. The van der Waals surface area contributed by atoms with Crippen LogP contribution >= 0.6 is 11.3 Å². The highest BCUT2D eigenvalue weighted by molar-refractivity contribution is 7.11. The molecule has 0 saturated heterocycles. The van der Waals surface area contributed by atoms with Crippen molar-refractivity contribution in [3.63, 3.8) is 0 Å². The van der Waals surface area contributed by atoms with Crippen LogP contribution in [0.2, 0.25) is 0 Å². The summed E-state index contributed by atoms with van der Waals surface area (Å²) in [4.78, 5) is 7.40. The van der Waals surface area contributed by atoms with E-state index in [9.17, 15) is 0 Å². The molecule has 2 aromatic rings. The second-order valence-electron chi connectivity index (χ2n) is 5.22. The van der Waals surface area contributed by atoms with Crippen LogP contribution in [-0.4, -0.2) is 11.5 Å². The second kappa shape index (κ2) is 7.00. The maximum absolute atomic E-state index is 4.48. The highest BCUT2D eigenvalue weighted by atomic mass is 32.1. The summed E-state index contributed by atoms with van der Waals surface area (Å²) in [5.41, 5.74) is 3.55. The maximum atomic E-state index is 4.48. The molecular formula is C17H24N2S. The van der Waals surface area contributed by atoms with Gasteiger partial charge in [-0.2, -0.15) is 0 Å². The molecule has 0 radical (unpaired) electrons. The van der Waals surface area contributed by atoms with Crippen molar-refractivity contribution in [3.05, 3.63) is 51.0 Å². The summed E-state index contributed by atoms with van der Waals surface area (Å²) in [5, 5.41) is 3.61. The zero-order valence-corrected chi connectivity index (χ0v) is 13.7. The molecule has 0 fully saturated rings. The second-order valence-corrected chi connectivity index (χ2v) is 6.47. The molecule has 3 heteroatoms. The van der Waals surface area contributed by atoms with Crippen molar-refractivity contribution >= 4 is 11.3 Å². The van der Waals surface area contributed by atoms with Gasteiger partial charge < -0.3 is 5.32 Å². The normalized spacial score (nSPS) is 12.6. The first-order valence-electron chi connectivity index (χ1n) is 7.38. The molecule has 2 aromatic heterocycles. The van der Waals surface area contributed by atoms with Crippen molar-refractivity contribution in [2.24, 2.45) is 0 Å². The molecule has 0 aromatic carbocycles. The number of nitrogens with zero attached hydrogens (tertiary/aromatic N) is 1. The number of aromatic nitrogens is 1. The molecule has 1 atom stereocenters. The lowest BCUT2D eigenvalue weighted by atomic mass is 10.0. The molecule has 2 nitrogen and oxygen atoms in total. The fraction of sp³-hybridized carbons (Fsp3) is 0.471. The Hall–Kier alpha value is -1.19. The fourth-order valence-corrected chi connectivity index (χ4v) is 3.55. The Morgan fingerprint density at radius 1 is 1.10 bits per heavy atom. The largest absolute Gasteiger partial charge is 0.310 e. The molecule has 0 aliphatic rings. The lowest BCUT2D eigenvalue weighted by Gasteiger charge is -2.18. The first kappa shape index (κ1) is 15.2. The highest BCUT2D eigenvalue weighted by Crippen LogP contribution is 2.25. The van der Waals surface area contributed by atoms with Crippen molar-refractivity contribution in [2.75, 3.05) is 6.54 Å². The summed E-state index contributed by atoms with van der Waals surface area (Å²) >= 11 is 1.93. The van der Waals surface area contributed by atoms with E-state index in [-0.39, 0.29) is 0 Å². The predicted octanol–water partition coefficient (Wildman–Crippen LogP) is 4.22. The molecule has 20 heavy (non-hydrogen) atoms. The van der Waals surface area contributed by atoms with Crippen molar-refractivity contribution in [1.82, 2.24) is 10.3 Å². The monoisotopic (exact) mass is 288 g/mol. The van der Waals surface area contributed by atoms with Gasteiger partial charge in [-0.05, 0) is 56.6 Å². The van der Waals surface area contributed by atoms with Crippen LogP contribution < -0.4 is 5.32 Å². The van der Waals surface area contributed by atoms with Crippen LogP contribution in [0.1, 0.15) is 46.6 Å². The minimum atomic E-state index is 0.378. The summed E-state index contributed by atoms with van der Waals surface area (Å²) in [6, 6.07) is 9.31. The van der Waals surface area contributed by atoms with E-state index >= 15 is 0 Å². The molecule has 0 aliphatic carbocycles. The van der Waals surface area contributed by atoms with E-state index in [0.29, 0.717) is 6.04 Å². The van der Waals surface area contributed by atoms with Crippen LogP contribution in [0, 0.1) is 13.8 Å². The van der Waals surface area contributed by atoms with Gasteiger partial charge in [-0.15, -0.1) is 11.3 Å². The third kappa shape index (κ3) is 3.90. The molecule has 2 rings (SSSR count). The zero-order valence-electron chi connectivity index (χ0n) is 12.9. The maximum Gasteiger partial charge on any atom is 0.0379 e. The molecule has 1 N–H and O–H groups in total. The van der Waals surface area contributed by atoms with Crippen LogP contribution in [0.4, 0.5) is 0 Å². The first-order valence-corrected chi connectivity index (χ1v) is 8.20. The molecule has 0 spiro atoms. The molecule has 1 unspecified atom stereocenters. The Balaban J connectivity index is 2.21. The van der Waals surface area contributed by atoms with Crippen molar-refractivity contribution in [3.8, 4) is 0 Å². The summed E-state index contributed by atoms with van der Waals surface area (Å²) in [6.45, 7) is 9.50. The number of hydrogen-bond acceptors (Lipinski definition) is 3. The summed E-state index contributed by atoms with van der Waals surface area (Å²) < 4.78 is 0. The minimum Gasteiger partial charge on any atom is -0.310 e. The average Bonchev–Trinajstić information content (AvgIpc) is 2.85. The van der Waals surface area contributed by atoms with Gasteiger partial charge >= 0.3 is 0 Å². The van der Waals surface area contributed by atoms with Crippen LogP contribution in [0.5, 0.6) is 0 Å². The molecule has 108 valence electrons. The zero-order chi connectivity index (χ0) is 14.5. The molecule has 0 saturated carbocycles. The van der Waals surface area contributed by atoms with Gasteiger partial charge in [-0.1, -0.05) is 13.8 Å². The number of aryl methyl sites for hydroxylation is 3. The van der Waals surface area contributed by atoms with Crippen LogP contribution in [-0.2, 0) is 12.8 Å². The Morgan fingerprint density at radius 3 is 2.30 bits per heavy atom. The third-order valence-electron chi connectivity index (χ3n) is 3.43.